The summed E-state index contributed by atoms with van der Waals surface area (Å²) in [7, 11) is 2.60. The van der Waals surface area contributed by atoms with Gasteiger partial charge >= 0.3 is 6.03 Å². The van der Waals surface area contributed by atoms with Crippen molar-refractivity contribution in [2.45, 2.75) is 13.0 Å². The van der Waals surface area contributed by atoms with Crippen LogP contribution in [0.2, 0.25) is 0 Å². The summed E-state index contributed by atoms with van der Waals surface area (Å²) in [6, 6.07) is 12.4. The van der Waals surface area contributed by atoms with Gasteiger partial charge in [0, 0.05) is 14.1 Å². The molecule has 0 aromatic heterocycles. The lowest BCUT2D eigenvalue weighted by Crippen LogP contribution is -2.58. The number of carbonyl (C=O) groups excluding carboxylic acids is 3. The summed E-state index contributed by atoms with van der Waals surface area (Å²) in [4.78, 5) is 37.7. The quantitative estimate of drug-likeness (QED) is 0.594. The fraction of sp³-hybridized carbons (Fsp3) is 0.211. The number of carbonyl (C=O) groups is 3. The summed E-state index contributed by atoms with van der Waals surface area (Å²) in [5, 5.41) is 16.2. The van der Waals surface area contributed by atoms with Crippen molar-refractivity contribution in [3.05, 3.63) is 54.1 Å². The largest absolute Gasteiger partial charge is 0.333 e. The molecule has 28 heavy (non-hydrogen) atoms. The second-order valence-electron chi connectivity index (χ2n) is 6.20. The van der Waals surface area contributed by atoms with Crippen molar-refractivity contribution in [2.75, 3.05) is 14.1 Å². The zero-order valence-electron chi connectivity index (χ0n) is 15.6. The molecule has 3 rings (SSSR count). The number of urea groups is 1. The summed E-state index contributed by atoms with van der Waals surface area (Å²) in [5.41, 5.74) is 2.67. The molecule has 0 bridgehead atoms. The van der Waals surface area contributed by atoms with Crippen LogP contribution in [0.3, 0.4) is 0 Å². The Labute approximate surface area is 161 Å². The summed E-state index contributed by atoms with van der Waals surface area (Å²) in [6.45, 7) is 1.84. The molecular weight excluding hydrogens is 360 g/mol. The minimum absolute atomic E-state index is 0.457. The van der Waals surface area contributed by atoms with Crippen LogP contribution in [0.25, 0.3) is 0 Å². The molecule has 0 saturated carbocycles. The number of benzene rings is 2. The van der Waals surface area contributed by atoms with Crippen LogP contribution in [0, 0.1) is 6.92 Å². The summed E-state index contributed by atoms with van der Waals surface area (Å²) in [5.74, 6) is -1.41. The molecule has 2 aromatic carbocycles. The molecule has 1 fully saturated rings. The predicted molar refractivity (Wildman–Crippen MR) is 101 cm³/mol. The monoisotopic (exact) mass is 378 g/mol. The van der Waals surface area contributed by atoms with Crippen LogP contribution in [0.1, 0.15) is 5.56 Å². The minimum Gasteiger partial charge on any atom is -0.271 e. The van der Waals surface area contributed by atoms with Crippen LogP contribution in [0.4, 0.5) is 21.9 Å². The topological polar surface area (TPSA) is 107 Å². The maximum Gasteiger partial charge on any atom is 0.333 e. The van der Waals surface area contributed by atoms with E-state index in [1.165, 1.54) is 14.1 Å². The molecule has 0 spiro atoms. The molecule has 1 aliphatic rings. The van der Waals surface area contributed by atoms with Gasteiger partial charge in [-0.2, -0.15) is 20.5 Å². The summed E-state index contributed by atoms with van der Waals surface area (Å²) in [6.07, 6.45) is 0. The highest BCUT2D eigenvalue weighted by Crippen LogP contribution is 2.26. The Morgan fingerprint density at radius 1 is 0.786 bits per heavy atom. The lowest BCUT2D eigenvalue weighted by atomic mass is 10.2. The predicted octanol–water partition coefficient (Wildman–Crippen LogP) is 3.91. The van der Waals surface area contributed by atoms with Crippen molar-refractivity contribution < 1.29 is 14.4 Å². The highest BCUT2D eigenvalue weighted by atomic mass is 16.2. The first-order chi connectivity index (χ1) is 13.4. The first kappa shape index (κ1) is 19.0. The Balaban J connectivity index is 1.77. The number of amides is 4. The second kappa shape index (κ2) is 7.87. The van der Waals surface area contributed by atoms with Crippen molar-refractivity contribution in [1.29, 1.82) is 0 Å². The zero-order chi connectivity index (χ0) is 20.3. The molecule has 0 atom stereocenters. The average Bonchev–Trinajstić information content (AvgIpc) is 2.71. The first-order valence-corrected chi connectivity index (χ1v) is 8.46. The standard InChI is InChI=1S/C19H18N6O3/c1-12-11-14(9-10-15(12)22-20-13-7-5-4-6-8-13)21-23-16-17(26)24(2)19(28)25(3)18(16)27/h4-11,16H,1-3H3. The fourth-order valence-corrected chi connectivity index (χ4v) is 2.53. The number of hydrogen-bond donors (Lipinski definition) is 0. The number of aryl methyl sites for hydroxylation is 1. The van der Waals surface area contributed by atoms with E-state index in [0.717, 1.165) is 21.1 Å². The SMILES string of the molecule is Cc1cc(N=NC2C(=O)N(C)C(=O)N(C)C2=O)ccc1N=Nc1ccccc1. The van der Waals surface area contributed by atoms with Gasteiger partial charge in [-0.05, 0) is 42.8 Å². The lowest BCUT2D eigenvalue weighted by Gasteiger charge is -2.30. The van der Waals surface area contributed by atoms with E-state index < -0.39 is 23.9 Å². The van der Waals surface area contributed by atoms with Gasteiger partial charge < -0.3 is 0 Å². The van der Waals surface area contributed by atoms with Crippen LogP contribution in [-0.4, -0.2) is 47.8 Å². The number of rotatable bonds is 4. The van der Waals surface area contributed by atoms with Crippen LogP contribution in [0.15, 0.2) is 69.0 Å². The fourth-order valence-electron chi connectivity index (χ4n) is 2.53. The van der Waals surface area contributed by atoms with E-state index in [-0.39, 0.29) is 0 Å². The van der Waals surface area contributed by atoms with Crippen LogP contribution in [-0.2, 0) is 9.59 Å². The van der Waals surface area contributed by atoms with Crippen LogP contribution >= 0.6 is 0 Å². The van der Waals surface area contributed by atoms with E-state index in [0.29, 0.717) is 11.4 Å². The molecule has 9 nitrogen and oxygen atoms in total. The van der Waals surface area contributed by atoms with Crippen molar-refractivity contribution >= 4 is 34.9 Å². The van der Waals surface area contributed by atoms with E-state index in [1.807, 2.05) is 37.3 Å². The van der Waals surface area contributed by atoms with Gasteiger partial charge in [-0.15, -0.1) is 0 Å². The maximum absolute atomic E-state index is 12.1. The number of hydrogen-bond acceptors (Lipinski definition) is 7. The third-order valence-corrected chi connectivity index (χ3v) is 4.20. The Morgan fingerprint density at radius 3 is 2.04 bits per heavy atom. The number of imide groups is 2. The molecule has 142 valence electrons. The van der Waals surface area contributed by atoms with Gasteiger partial charge in [0.25, 0.3) is 11.8 Å². The van der Waals surface area contributed by atoms with Gasteiger partial charge in [0.05, 0.1) is 17.1 Å². The smallest absolute Gasteiger partial charge is 0.271 e. The van der Waals surface area contributed by atoms with Crippen molar-refractivity contribution in [3.63, 3.8) is 0 Å². The normalized spacial score (nSPS) is 16.0. The molecule has 2 aromatic rings. The molecule has 0 aliphatic carbocycles. The summed E-state index contributed by atoms with van der Waals surface area (Å²) >= 11 is 0. The molecule has 1 aliphatic heterocycles. The minimum atomic E-state index is -1.37. The average molecular weight is 378 g/mol. The summed E-state index contributed by atoms with van der Waals surface area (Å²) < 4.78 is 0. The lowest BCUT2D eigenvalue weighted by molar-refractivity contribution is -0.143. The Hall–Kier alpha value is -3.75. The van der Waals surface area contributed by atoms with E-state index in [4.69, 9.17) is 0 Å². The number of likely N-dealkylation sites (N-methyl/N-ethyl adjacent to an activating group) is 2. The van der Waals surface area contributed by atoms with Crippen molar-refractivity contribution in [3.8, 4) is 0 Å². The highest BCUT2D eigenvalue weighted by Gasteiger charge is 2.42. The van der Waals surface area contributed by atoms with Crippen LogP contribution in [0.5, 0.6) is 0 Å². The zero-order valence-corrected chi connectivity index (χ0v) is 15.6. The van der Waals surface area contributed by atoms with Gasteiger partial charge in [0.15, 0.2) is 0 Å². The van der Waals surface area contributed by atoms with E-state index >= 15 is 0 Å². The third kappa shape index (κ3) is 3.83. The molecule has 4 amide bonds. The molecule has 1 saturated heterocycles. The molecule has 0 unspecified atom stereocenters. The van der Waals surface area contributed by atoms with Gasteiger partial charge in [0.1, 0.15) is 0 Å². The van der Waals surface area contributed by atoms with E-state index in [2.05, 4.69) is 20.5 Å². The first-order valence-electron chi connectivity index (χ1n) is 8.46. The third-order valence-electron chi connectivity index (χ3n) is 4.20. The van der Waals surface area contributed by atoms with Gasteiger partial charge in [-0.3, -0.25) is 19.4 Å². The highest BCUT2D eigenvalue weighted by molar-refractivity contribution is 6.18. The molecular formula is C19H18N6O3. The van der Waals surface area contributed by atoms with Gasteiger partial charge in [-0.1, -0.05) is 18.2 Å². The number of azo groups is 2. The Morgan fingerprint density at radius 2 is 1.43 bits per heavy atom. The maximum atomic E-state index is 12.1. The molecule has 9 heteroatoms. The van der Waals surface area contributed by atoms with Crippen molar-refractivity contribution in [2.24, 2.45) is 20.5 Å². The Kier molecular flexibility index (Phi) is 5.35. The Bertz CT molecular complexity index is 962. The molecule has 1 heterocycles. The van der Waals surface area contributed by atoms with E-state index in [9.17, 15) is 14.4 Å². The number of nitrogens with zero attached hydrogens (tertiary/aromatic N) is 6. The van der Waals surface area contributed by atoms with Crippen molar-refractivity contribution in [1.82, 2.24) is 9.80 Å². The second-order valence-corrected chi connectivity index (χ2v) is 6.20. The van der Waals surface area contributed by atoms with Gasteiger partial charge in [0.2, 0.25) is 6.04 Å². The molecule has 0 N–H and O–H groups in total. The number of barbiturate groups is 1. The van der Waals surface area contributed by atoms with E-state index in [1.54, 1.807) is 18.2 Å². The molecule has 0 radical (unpaired) electrons. The van der Waals surface area contributed by atoms with Crippen LogP contribution < -0.4 is 0 Å². The van der Waals surface area contributed by atoms with Gasteiger partial charge in [-0.25, -0.2) is 4.79 Å².